The molecule has 1 atom stereocenters. The SMILES string of the molecule is COCCCNC(=O)[C@H]1CC(=O)N(CCc2c[nH]c3ccc(F)cc23)C1. The van der Waals surface area contributed by atoms with Crippen LogP contribution in [0.4, 0.5) is 4.39 Å². The van der Waals surface area contributed by atoms with E-state index in [1.807, 2.05) is 6.20 Å². The van der Waals surface area contributed by atoms with E-state index in [2.05, 4.69) is 10.3 Å². The molecule has 0 aliphatic carbocycles. The van der Waals surface area contributed by atoms with Crippen LogP contribution in [-0.2, 0) is 20.7 Å². The van der Waals surface area contributed by atoms with E-state index in [0.29, 0.717) is 32.7 Å². The topological polar surface area (TPSA) is 74.4 Å². The summed E-state index contributed by atoms with van der Waals surface area (Å²) in [5.41, 5.74) is 1.85. The Labute approximate surface area is 151 Å². The van der Waals surface area contributed by atoms with Crippen molar-refractivity contribution in [2.75, 3.05) is 33.4 Å². The number of halogens is 1. The van der Waals surface area contributed by atoms with Crippen molar-refractivity contribution in [1.82, 2.24) is 15.2 Å². The van der Waals surface area contributed by atoms with Gasteiger partial charge in [0.2, 0.25) is 11.8 Å². The van der Waals surface area contributed by atoms with Crippen molar-refractivity contribution < 1.29 is 18.7 Å². The fourth-order valence-electron chi connectivity index (χ4n) is 3.35. The second kappa shape index (κ2) is 8.31. The molecule has 3 rings (SSSR count). The molecule has 1 fully saturated rings. The molecule has 1 aromatic heterocycles. The number of carbonyl (C=O) groups is 2. The van der Waals surface area contributed by atoms with Crippen molar-refractivity contribution in [2.45, 2.75) is 19.3 Å². The smallest absolute Gasteiger partial charge is 0.225 e. The highest BCUT2D eigenvalue weighted by Gasteiger charge is 2.33. The maximum absolute atomic E-state index is 13.5. The molecular formula is C19H24FN3O3. The van der Waals surface area contributed by atoms with Gasteiger partial charge in [-0.15, -0.1) is 0 Å². The highest BCUT2D eigenvalue weighted by molar-refractivity contribution is 5.89. The third-order valence-electron chi connectivity index (χ3n) is 4.79. The lowest BCUT2D eigenvalue weighted by molar-refractivity contribution is -0.129. The number of nitrogens with zero attached hydrogens (tertiary/aromatic N) is 1. The van der Waals surface area contributed by atoms with Gasteiger partial charge in [-0.1, -0.05) is 0 Å². The summed E-state index contributed by atoms with van der Waals surface area (Å²) >= 11 is 0. The maximum Gasteiger partial charge on any atom is 0.225 e. The molecule has 1 aliphatic rings. The van der Waals surface area contributed by atoms with Crippen LogP contribution in [0.5, 0.6) is 0 Å². The standard InChI is InChI=1S/C19H24FN3O3/c1-26-8-2-6-21-19(25)14-9-18(24)23(12-14)7-5-13-11-22-17-4-3-15(20)10-16(13)17/h3-4,10-11,14,22H,2,5-9,12H2,1H3,(H,21,25)/t14-/m0/s1. The molecule has 26 heavy (non-hydrogen) atoms. The number of aromatic nitrogens is 1. The zero-order valence-corrected chi connectivity index (χ0v) is 14.9. The first-order chi connectivity index (χ1) is 12.6. The lowest BCUT2D eigenvalue weighted by Crippen LogP contribution is -2.34. The molecule has 2 amide bonds. The number of nitrogens with one attached hydrogen (secondary N) is 2. The van der Waals surface area contributed by atoms with Crippen molar-refractivity contribution in [3.05, 3.63) is 35.8 Å². The molecule has 2 aromatic rings. The number of methoxy groups -OCH3 is 1. The van der Waals surface area contributed by atoms with E-state index < -0.39 is 0 Å². The number of H-pyrrole nitrogens is 1. The van der Waals surface area contributed by atoms with Crippen LogP contribution in [0.25, 0.3) is 10.9 Å². The summed E-state index contributed by atoms with van der Waals surface area (Å²) in [6.45, 7) is 2.11. The fraction of sp³-hybridized carbons (Fsp3) is 0.474. The summed E-state index contributed by atoms with van der Waals surface area (Å²) in [7, 11) is 1.62. The largest absolute Gasteiger partial charge is 0.385 e. The van der Waals surface area contributed by atoms with Gasteiger partial charge in [-0.2, -0.15) is 0 Å². The number of ether oxygens (including phenoxy) is 1. The normalized spacial score (nSPS) is 17.2. The molecule has 6 nitrogen and oxygen atoms in total. The second-order valence-corrected chi connectivity index (χ2v) is 6.63. The van der Waals surface area contributed by atoms with Crippen molar-refractivity contribution in [1.29, 1.82) is 0 Å². The third-order valence-corrected chi connectivity index (χ3v) is 4.79. The van der Waals surface area contributed by atoms with Crippen LogP contribution in [0, 0.1) is 11.7 Å². The number of aromatic amines is 1. The molecule has 1 aromatic carbocycles. The van der Waals surface area contributed by atoms with E-state index in [-0.39, 0.29) is 30.0 Å². The van der Waals surface area contributed by atoms with Gasteiger partial charge in [0.25, 0.3) is 0 Å². The van der Waals surface area contributed by atoms with Gasteiger partial charge in [-0.05, 0) is 36.6 Å². The van der Waals surface area contributed by atoms with Gasteiger partial charge >= 0.3 is 0 Å². The fourth-order valence-corrected chi connectivity index (χ4v) is 3.35. The van der Waals surface area contributed by atoms with Crippen molar-refractivity contribution in [3.63, 3.8) is 0 Å². The first-order valence-corrected chi connectivity index (χ1v) is 8.88. The minimum Gasteiger partial charge on any atom is -0.385 e. The third kappa shape index (κ3) is 4.22. The quantitative estimate of drug-likeness (QED) is 0.705. The molecule has 140 valence electrons. The molecule has 0 spiro atoms. The lowest BCUT2D eigenvalue weighted by Gasteiger charge is -2.16. The summed E-state index contributed by atoms with van der Waals surface area (Å²) < 4.78 is 18.4. The molecular weight excluding hydrogens is 337 g/mol. The Morgan fingerprint density at radius 2 is 2.31 bits per heavy atom. The van der Waals surface area contributed by atoms with Gasteiger partial charge in [-0.3, -0.25) is 9.59 Å². The Kier molecular flexibility index (Phi) is 5.88. The molecule has 0 radical (unpaired) electrons. The van der Waals surface area contributed by atoms with E-state index in [0.717, 1.165) is 22.9 Å². The number of amides is 2. The molecule has 2 N–H and O–H groups in total. The Bertz CT molecular complexity index is 789. The predicted molar refractivity (Wildman–Crippen MR) is 96.2 cm³/mol. The van der Waals surface area contributed by atoms with Gasteiger partial charge in [0, 0.05) is 56.9 Å². The Balaban J connectivity index is 1.53. The first kappa shape index (κ1) is 18.4. The Morgan fingerprint density at radius 3 is 3.12 bits per heavy atom. The van der Waals surface area contributed by atoms with Crippen molar-refractivity contribution in [2.24, 2.45) is 5.92 Å². The van der Waals surface area contributed by atoms with E-state index in [1.54, 1.807) is 18.1 Å². The second-order valence-electron chi connectivity index (χ2n) is 6.63. The molecule has 1 aliphatic heterocycles. The molecule has 1 saturated heterocycles. The minimum absolute atomic E-state index is 0.00642. The zero-order chi connectivity index (χ0) is 18.5. The highest BCUT2D eigenvalue weighted by atomic mass is 19.1. The maximum atomic E-state index is 13.5. The average molecular weight is 361 g/mol. The minimum atomic E-state index is -0.301. The van der Waals surface area contributed by atoms with Gasteiger partial charge in [0.05, 0.1) is 5.92 Å². The summed E-state index contributed by atoms with van der Waals surface area (Å²) in [6.07, 6.45) is 3.48. The first-order valence-electron chi connectivity index (χ1n) is 8.88. The number of hydrogen-bond acceptors (Lipinski definition) is 3. The Hall–Kier alpha value is -2.41. The van der Waals surface area contributed by atoms with E-state index in [1.165, 1.54) is 12.1 Å². The number of hydrogen-bond donors (Lipinski definition) is 2. The number of fused-ring (bicyclic) bond motifs is 1. The highest BCUT2D eigenvalue weighted by Crippen LogP contribution is 2.22. The zero-order valence-electron chi connectivity index (χ0n) is 14.9. The van der Waals surface area contributed by atoms with E-state index in [9.17, 15) is 14.0 Å². The molecule has 2 heterocycles. The van der Waals surface area contributed by atoms with Crippen LogP contribution in [0.2, 0.25) is 0 Å². The number of rotatable bonds is 8. The van der Waals surface area contributed by atoms with Crippen LogP contribution in [0.1, 0.15) is 18.4 Å². The van der Waals surface area contributed by atoms with E-state index >= 15 is 0 Å². The average Bonchev–Trinajstić information content (AvgIpc) is 3.20. The summed E-state index contributed by atoms with van der Waals surface area (Å²) in [6, 6.07) is 4.63. The Morgan fingerprint density at radius 1 is 1.46 bits per heavy atom. The molecule has 0 bridgehead atoms. The van der Waals surface area contributed by atoms with Crippen LogP contribution in [-0.4, -0.2) is 55.0 Å². The summed E-state index contributed by atoms with van der Waals surface area (Å²) in [4.78, 5) is 29.2. The van der Waals surface area contributed by atoms with Crippen LogP contribution >= 0.6 is 0 Å². The van der Waals surface area contributed by atoms with E-state index in [4.69, 9.17) is 4.74 Å². The number of likely N-dealkylation sites (tertiary alicyclic amines) is 1. The lowest BCUT2D eigenvalue weighted by atomic mass is 10.1. The predicted octanol–water partition coefficient (Wildman–Crippen LogP) is 1.85. The monoisotopic (exact) mass is 361 g/mol. The van der Waals surface area contributed by atoms with Crippen LogP contribution < -0.4 is 5.32 Å². The molecule has 0 saturated carbocycles. The summed E-state index contributed by atoms with van der Waals surface area (Å²) in [5.74, 6) is -0.662. The van der Waals surface area contributed by atoms with Gasteiger partial charge in [0.1, 0.15) is 5.82 Å². The van der Waals surface area contributed by atoms with Gasteiger partial charge < -0.3 is 19.9 Å². The summed E-state index contributed by atoms with van der Waals surface area (Å²) in [5, 5.41) is 3.69. The van der Waals surface area contributed by atoms with Crippen molar-refractivity contribution >= 4 is 22.7 Å². The van der Waals surface area contributed by atoms with Gasteiger partial charge in [-0.25, -0.2) is 4.39 Å². The molecule has 7 heteroatoms. The number of carbonyl (C=O) groups excluding carboxylic acids is 2. The number of benzene rings is 1. The van der Waals surface area contributed by atoms with Gasteiger partial charge in [0.15, 0.2) is 0 Å². The van der Waals surface area contributed by atoms with Crippen LogP contribution in [0.3, 0.4) is 0 Å². The van der Waals surface area contributed by atoms with Crippen molar-refractivity contribution in [3.8, 4) is 0 Å². The molecule has 0 unspecified atom stereocenters. The van der Waals surface area contributed by atoms with Crippen LogP contribution in [0.15, 0.2) is 24.4 Å².